The van der Waals surface area contributed by atoms with E-state index in [1.165, 1.54) is 40.2 Å². The van der Waals surface area contributed by atoms with E-state index in [0.29, 0.717) is 21.1 Å². The van der Waals surface area contributed by atoms with E-state index in [1.54, 1.807) is 11.4 Å². The Balaban J connectivity index is 1.97. The zero-order chi connectivity index (χ0) is 15.0. The molecule has 0 aliphatic heterocycles. The van der Waals surface area contributed by atoms with E-state index in [4.69, 9.17) is 5.11 Å². The summed E-state index contributed by atoms with van der Waals surface area (Å²) in [5, 5.41) is 21.9. The Morgan fingerprint density at radius 2 is 2.00 bits per heavy atom. The van der Waals surface area contributed by atoms with Crippen LogP contribution < -0.4 is 0 Å². The van der Waals surface area contributed by atoms with Gasteiger partial charge in [0.2, 0.25) is 0 Å². The molecule has 106 valence electrons. The fourth-order valence-corrected chi connectivity index (χ4v) is 3.53. The van der Waals surface area contributed by atoms with Gasteiger partial charge in [0.25, 0.3) is 0 Å². The number of thiazole rings is 1. The van der Waals surface area contributed by atoms with Gasteiger partial charge in [-0.1, -0.05) is 0 Å². The summed E-state index contributed by atoms with van der Waals surface area (Å²) < 4.78 is 13.8. The Bertz CT molecular complexity index is 825. The molecule has 3 rings (SSSR count). The number of nitrogens with zero attached hydrogens (tertiary/aromatic N) is 1. The Hall–Kier alpha value is -2.25. The molecule has 2 N–H and O–H groups in total. The fraction of sp³-hybridized carbons (Fsp3) is 0. The molecule has 3 aromatic rings. The summed E-state index contributed by atoms with van der Waals surface area (Å²) in [6.45, 7) is 0. The van der Waals surface area contributed by atoms with E-state index in [0.717, 1.165) is 6.07 Å². The van der Waals surface area contributed by atoms with E-state index in [1.807, 2.05) is 0 Å². The third-order valence-corrected chi connectivity index (χ3v) is 4.61. The molecule has 4 nitrogen and oxygen atoms in total. The minimum Gasteiger partial charge on any atom is -0.508 e. The fourth-order valence-electron chi connectivity index (χ4n) is 1.77. The van der Waals surface area contributed by atoms with Crippen LogP contribution in [-0.4, -0.2) is 21.2 Å². The highest BCUT2D eigenvalue weighted by Gasteiger charge is 2.14. The summed E-state index contributed by atoms with van der Waals surface area (Å²) in [6, 6.07) is 5.43. The van der Waals surface area contributed by atoms with Gasteiger partial charge >= 0.3 is 5.97 Å². The number of aromatic hydroxyl groups is 1. The molecule has 7 heteroatoms. The maximum absolute atomic E-state index is 13.8. The second-order valence-electron chi connectivity index (χ2n) is 4.21. The summed E-state index contributed by atoms with van der Waals surface area (Å²) in [6.07, 6.45) is 0. The van der Waals surface area contributed by atoms with Crippen LogP contribution in [-0.2, 0) is 0 Å². The lowest BCUT2D eigenvalue weighted by molar-refractivity contribution is 0.0697. The predicted octanol–water partition coefficient (Wildman–Crippen LogP) is 4.08. The lowest BCUT2D eigenvalue weighted by Crippen LogP contribution is -1.91. The zero-order valence-electron chi connectivity index (χ0n) is 10.4. The molecule has 0 fully saturated rings. The van der Waals surface area contributed by atoms with E-state index in [9.17, 15) is 14.3 Å². The van der Waals surface area contributed by atoms with Crippen molar-refractivity contribution in [3.63, 3.8) is 0 Å². The van der Waals surface area contributed by atoms with Crippen LogP contribution in [0, 0.1) is 5.82 Å². The normalized spacial score (nSPS) is 10.7. The van der Waals surface area contributed by atoms with Crippen molar-refractivity contribution in [2.24, 2.45) is 0 Å². The Morgan fingerprint density at radius 1 is 1.19 bits per heavy atom. The molecule has 0 spiro atoms. The first kappa shape index (κ1) is 13.7. The topological polar surface area (TPSA) is 70.4 Å². The van der Waals surface area contributed by atoms with E-state index in [2.05, 4.69) is 4.98 Å². The van der Waals surface area contributed by atoms with E-state index >= 15 is 0 Å². The first-order valence-electron chi connectivity index (χ1n) is 5.81. The number of thiophene rings is 1. The molecule has 2 aromatic heterocycles. The number of aromatic carboxylic acids is 1. The van der Waals surface area contributed by atoms with Crippen molar-refractivity contribution in [3.05, 3.63) is 46.4 Å². The number of phenols is 1. The van der Waals surface area contributed by atoms with Crippen LogP contribution >= 0.6 is 22.7 Å². The van der Waals surface area contributed by atoms with Gasteiger partial charge in [-0.3, -0.25) is 0 Å². The highest BCUT2D eigenvalue weighted by atomic mass is 32.1. The number of phenolic OH excluding ortho intramolecular Hbond substituents is 1. The average molecular weight is 321 g/mol. The maximum Gasteiger partial charge on any atom is 0.336 e. The first-order valence-corrected chi connectivity index (χ1v) is 7.57. The minimum atomic E-state index is -0.988. The van der Waals surface area contributed by atoms with Crippen molar-refractivity contribution in [2.75, 3.05) is 0 Å². The number of carboxylic acid groups (broad SMARTS) is 1. The molecule has 0 aliphatic carbocycles. The van der Waals surface area contributed by atoms with Crippen molar-refractivity contribution < 1.29 is 19.4 Å². The van der Waals surface area contributed by atoms with Crippen LogP contribution in [0.4, 0.5) is 4.39 Å². The quantitative estimate of drug-likeness (QED) is 0.762. The van der Waals surface area contributed by atoms with Gasteiger partial charge in [-0.05, 0) is 18.2 Å². The molecule has 0 saturated heterocycles. The monoisotopic (exact) mass is 321 g/mol. The predicted molar refractivity (Wildman–Crippen MR) is 79.4 cm³/mol. The van der Waals surface area contributed by atoms with Crippen LogP contribution in [0.3, 0.4) is 0 Å². The van der Waals surface area contributed by atoms with Crippen molar-refractivity contribution in [2.45, 2.75) is 0 Å². The van der Waals surface area contributed by atoms with Crippen molar-refractivity contribution in [1.29, 1.82) is 0 Å². The number of hydrogen-bond donors (Lipinski definition) is 2. The Morgan fingerprint density at radius 3 is 2.67 bits per heavy atom. The molecule has 1 aromatic carbocycles. The SMILES string of the molecule is O=C(O)c1csc(-c2csc(-c3ccc(O)cc3F)n2)c1. The van der Waals surface area contributed by atoms with Gasteiger partial charge in [-0.2, -0.15) is 0 Å². The Labute approximate surface area is 126 Å². The second-order valence-corrected chi connectivity index (χ2v) is 5.98. The molecule has 2 heterocycles. The van der Waals surface area contributed by atoms with Crippen molar-refractivity contribution in [3.8, 4) is 26.9 Å². The number of aromatic nitrogens is 1. The summed E-state index contributed by atoms with van der Waals surface area (Å²) in [5.74, 6) is -1.68. The van der Waals surface area contributed by atoms with Crippen LogP contribution in [0.1, 0.15) is 10.4 Å². The van der Waals surface area contributed by atoms with E-state index < -0.39 is 11.8 Å². The molecular formula is C14H8FNO3S2. The number of carbonyl (C=O) groups is 1. The third kappa shape index (κ3) is 2.65. The molecular weight excluding hydrogens is 313 g/mol. The molecule has 0 unspecified atom stereocenters. The van der Waals surface area contributed by atoms with Crippen LogP contribution in [0.5, 0.6) is 5.75 Å². The zero-order valence-corrected chi connectivity index (χ0v) is 12.0. The Kier molecular flexibility index (Phi) is 3.44. The summed E-state index contributed by atoms with van der Waals surface area (Å²) in [4.78, 5) is 15.9. The second kappa shape index (κ2) is 5.27. The number of rotatable bonds is 3. The van der Waals surface area contributed by atoms with Gasteiger partial charge in [-0.25, -0.2) is 14.2 Å². The largest absolute Gasteiger partial charge is 0.508 e. The molecule has 0 saturated carbocycles. The average Bonchev–Trinajstić information content (AvgIpc) is 3.07. The highest BCUT2D eigenvalue weighted by molar-refractivity contribution is 7.15. The first-order chi connectivity index (χ1) is 10.0. The van der Waals surface area contributed by atoms with Gasteiger partial charge in [0.1, 0.15) is 16.6 Å². The van der Waals surface area contributed by atoms with Gasteiger partial charge < -0.3 is 10.2 Å². The van der Waals surface area contributed by atoms with Crippen LogP contribution in [0.2, 0.25) is 0 Å². The summed E-state index contributed by atoms with van der Waals surface area (Å²) >= 11 is 2.54. The third-order valence-electron chi connectivity index (χ3n) is 2.79. The lowest BCUT2D eigenvalue weighted by atomic mass is 10.2. The van der Waals surface area contributed by atoms with Gasteiger partial charge in [0.05, 0.1) is 16.1 Å². The van der Waals surface area contributed by atoms with Crippen molar-refractivity contribution >= 4 is 28.6 Å². The molecule has 0 amide bonds. The molecule has 0 bridgehead atoms. The van der Waals surface area contributed by atoms with E-state index in [-0.39, 0.29) is 11.3 Å². The number of benzene rings is 1. The van der Waals surface area contributed by atoms with Gasteiger partial charge in [0.15, 0.2) is 0 Å². The molecule has 21 heavy (non-hydrogen) atoms. The smallest absolute Gasteiger partial charge is 0.336 e. The molecule has 0 radical (unpaired) electrons. The molecule has 0 aliphatic rings. The minimum absolute atomic E-state index is 0.141. The number of hydrogen-bond acceptors (Lipinski definition) is 5. The number of halogens is 1. The standard InChI is InChI=1S/C14H8FNO3S2/c15-10-4-8(17)1-2-9(10)13-16-11(6-21-13)12-3-7(5-20-12)14(18)19/h1-6,17H,(H,18,19). The molecule has 0 atom stereocenters. The van der Waals surface area contributed by atoms with Crippen molar-refractivity contribution in [1.82, 2.24) is 4.98 Å². The van der Waals surface area contributed by atoms with Crippen LogP contribution in [0.15, 0.2) is 35.0 Å². The van der Waals surface area contributed by atoms with Crippen LogP contribution in [0.25, 0.3) is 21.1 Å². The maximum atomic E-state index is 13.8. The van der Waals surface area contributed by atoms with Gasteiger partial charge in [0, 0.05) is 22.4 Å². The lowest BCUT2D eigenvalue weighted by Gasteiger charge is -1.99. The highest BCUT2D eigenvalue weighted by Crippen LogP contribution is 2.34. The van der Waals surface area contributed by atoms with Gasteiger partial charge in [-0.15, -0.1) is 22.7 Å². The number of carboxylic acids is 1. The summed E-state index contributed by atoms with van der Waals surface area (Å²) in [7, 11) is 0. The summed E-state index contributed by atoms with van der Waals surface area (Å²) in [5.41, 5.74) is 1.12.